The van der Waals surface area contributed by atoms with E-state index in [4.69, 9.17) is 0 Å². The summed E-state index contributed by atoms with van der Waals surface area (Å²) < 4.78 is 24.8. The van der Waals surface area contributed by atoms with Crippen LogP contribution in [0, 0.1) is 19.8 Å². The van der Waals surface area contributed by atoms with Crippen molar-refractivity contribution in [1.29, 1.82) is 0 Å². The second kappa shape index (κ2) is 6.08. The van der Waals surface area contributed by atoms with E-state index in [-0.39, 0.29) is 11.7 Å². The summed E-state index contributed by atoms with van der Waals surface area (Å²) in [6, 6.07) is 5.33. The Morgan fingerprint density at radius 2 is 1.55 bits per heavy atom. The average molecular weight is 296 g/mol. The number of hydrogen-bond acceptors (Lipinski definition) is 3. The third kappa shape index (κ3) is 3.29. The predicted molar refractivity (Wildman–Crippen MR) is 82.9 cm³/mol. The molecule has 0 aliphatic carbocycles. The van der Waals surface area contributed by atoms with E-state index in [1.54, 1.807) is 19.1 Å². The Balaban J connectivity index is 3.11. The summed E-state index contributed by atoms with van der Waals surface area (Å²) in [5.41, 5.74) is 2.56. The molecule has 2 atom stereocenters. The van der Waals surface area contributed by atoms with Crippen LogP contribution in [0.1, 0.15) is 49.2 Å². The summed E-state index contributed by atoms with van der Waals surface area (Å²) in [4.78, 5) is 12.4. The SMILES string of the molecule is Cc1ccc(C(=O)C(C)S(=O)(=O)C(C)C(C)C)cc1C. The summed E-state index contributed by atoms with van der Waals surface area (Å²) in [5.74, 6) is -0.324. The maximum absolute atomic E-state index is 12.4. The van der Waals surface area contributed by atoms with Gasteiger partial charge in [-0.3, -0.25) is 4.79 Å². The Kier molecular flexibility index (Phi) is 5.14. The van der Waals surface area contributed by atoms with Gasteiger partial charge in [-0.2, -0.15) is 0 Å². The largest absolute Gasteiger partial charge is 0.293 e. The van der Waals surface area contributed by atoms with Crippen LogP contribution >= 0.6 is 0 Å². The summed E-state index contributed by atoms with van der Waals surface area (Å²) >= 11 is 0. The highest BCUT2D eigenvalue weighted by molar-refractivity contribution is 7.93. The minimum absolute atomic E-state index is 0.00463. The van der Waals surface area contributed by atoms with E-state index in [0.717, 1.165) is 11.1 Å². The highest BCUT2D eigenvalue weighted by atomic mass is 32.2. The molecule has 0 bridgehead atoms. The number of hydrogen-bond donors (Lipinski definition) is 0. The lowest BCUT2D eigenvalue weighted by Gasteiger charge is -2.21. The standard InChI is InChI=1S/C16H24O3S/c1-10(2)13(5)20(18,19)14(6)16(17)15-8-7-11(3)12(4)9-15/h7-10,13-14H,1-6H3. The van der Waals surface area contributed by atoms with Crippen molar-refractivity contribution >= 4 is 15.6 Å². The molecule has 1 aromatic carbocycles. The second-order valence-corrected chi connectivity index (χ2v) is 8.47. The number of carbonyl (C=O) groups is 1. The number of ketones is 1. The second-order valence-electron chi connectivity index (χ2n) is 5.84. The fourth-order valence-corrected chi connectivity index (χ4v) is 3.82. The van der Waals surface area contributed by atoms with Crippen molar-refractivity contribution < 1.29 is 13.2 Å². The molecule has 4 heteroatoms. The smallest absolute Gasteiger partial charge is 0.180 e. The summed E-state index contributed by atoms with van der Waals surface area (Å²) in [5, 5.41) is -1.52. The van der Waals surface area contributed by atoms with Crippen molar-refractivity contribution in [2.45, 2.75) is 52.0 Å². The van der Waals surface area contributed by atoms with Crippen molar-refractivity contribution in [2.75, 3.05) is 0 Å². The van der Waals surface area contributed by atoms with E-state index in [0.29, 0.717) is 5.56 Å². The zero-order valence-corrected chi connectivity index (χ0v) is 13.9. The maximum atomic E-state index is 12.4. The van der Waals surface area contributed by atoms with Crippen LogP contribution in [0.5, 0.6) is 0 Å². The van der Waals surface area contributed by atoms with Gasteiger partial charge in [0.15, 0.2) is 15.6 Å². The van der Waals surface area contributed by atoms with Gasteiger partial charge in [-0.05, 0) is 50.8 Å². The van der Waals surface area contributed by atoms with Crippen molar-refractivity contribution in [3.8, 4) is 0 Å². The van der Waals surface area contributed by atoms with Gasteiger partial charge in [0.1, 0.15) is 5.25 Å². The monoisotopic (exact) mass is 296 g/mol. The average Bonchev–Trinajstić information content (AvgIpc) is 2.39. The first-order valence-electron chi connectivity index (χ1n) is 6.93. The molecule has 20 heavy (non-hydrogen) atoms. The summed E-state index contributed by atoms with van der Waals surface area (Å²) in [7, 11) is -3.46. The fourth-order valence-electron chi connectivity index (χ4n) is 1.98. The highest BCUT2D eigenvalue weighted by Gasteiger charge is 2.34. The van der Waals surface area contributed by atoms with E-state index in [1.165, 1.54) is 6.92 Å². The number of Topliss-reactive ketones (excluding diaryl/α,β-unsaturated/α-hetero) is 1. The molecule has 0 aliphatic heterocycles. The van der Waals surface area contributed by atoms with Crippen molar-refractivity contribution in [3.63, 3.8) is 0 Å². The molecule has 0 N–H and O–H groups in total. The molecule has 1 rings (SSSR count). The molecule has 1 aromatic rings. The number of aryl methyl sites for hydroxylation is 2. The first-order chi connectivity index (χ1) is 9.09. The summed E-state index contributed by atoms with van der Waals surface area (Å²) in [6.07, 6.45) is 0. The third-order valence-electron chi connectivity index (χ3n) is 4.11. The van der Waals surface area contributed by atoms with Crippen molar-refractivity contribution in [3.05, 3.63) is 34.9 Å². The zero-order valence-electron chi connectivity index (χ0n) is 13.1. The van der Waals surface area contributed by atoms with Crippen LogP contribution in [0.3, 0.4) is 0 Å². The van der Waals surface area contributed by atoms with Crippen LogP contribution in [0.4, 0.5) is 0 Å². The van der Waals surface area contributed by atoms with Gasteiger partial charge in [0.25, 0.3) is 0 Å². The molecule has 0 aromatic heterocycles. The molecule has 0 saturated heterocycles. The molecule has 0 fully saturated rings. The van der Waals surface area contributed by atoms with E-state index in [9.17, 15) is 13.2 Å². The van der Waals surface area contributed by atoms with Gasteiger partial charge >= 0.3 is 0 Å². The lowest BCUT2D eigenvalue weighted by Crippen LogP contribution is -2.36. The van der Waals surface area contributed by atoms with E-state index in [2.05, 4.69) is 0 Å². The Morgan fingerprint density at radius 3 is 2.00 bits per heavy atom. The van der Waals surface area contributed by atoms with Gasteiger partial charge in [0.2, 0.25) is 0 Å². The minimum atomic E-state index is -3.46. The first-order valence-corrected chi connectivity index (χ1v) is 8.54. The fraction of sp³-hybridized carbons (Fsp3) is 0.562. The lowest BCUT2D eigenvalue weighted by atomic mass is 10.0. The van der Waals surface area contributed by atoms with Gasteiger partial charge in [0, 0.05) is 5.56 Å². The molecule has 3 nitrogen and oxygen atoms in total. The Hall–Kier alpha value is -1.16. The Morgan fingerprint density at radius 1 is 1.00 bits per heavy atom. The molecular weight excluding hydrogens is 272 g/mol. The van der Waals surface area contributed by atoms with Crippen LogP contribution in [-0.4, -0.2) is 24.7 Å². The number of carbonyl (C=O) groups excluding carboxylic acids is 1. The predicted octanol–water partition coefficient (Wildman–Crippen LogP) is 3.33. The molecule has 0 radical (unpaired) electrons. The first kappa shape index (κ1) is 16.9. The van der Waals surface area contributed by atoms with Crippen LogP contribution < -0.4 is 0 Å². The van der Waals surface area contributed by atoms with Crippen LogP contribution in [0.15, 0.2) is 18.2 Å². The molecule has 0 spiro atoms. The van der Waals surface area contributed by atoms with Crippen LogP contribution in [0.2, 0.25) is 0 Å². The third-order valence-corrected chi connectivity index (χ3v) is 6.89. The molecule has 112 valence electrons. The van der Waals surface area contributed by atoms with E-state index >= 15 is 0 Å². The van der Waals surface area contributed by atoms with Crippen molar-refractivity contribution in [2.24, 2.45) is 5.92 Å². The molecular formula is C16H24O3S. The number of benzene rings is 1. The summed E-state index contributed by atoms with van der Waals surface area (Å²) in [6.45, 7) is 10.8. The quantitative estimate of drug-likeness (QED) is 0.783. The van der Waals surface area contributed by atoms with E-state index in [1.807, 2.05) is 33.8 Å². The maximum Gasteiger partial charge on any atom is 0.180 e. The highest BCUT2D eigenvalue weighted by Crippen LogP contribution is 2.21. The van der Waals surface area contributed by atoms with E-state index < -0.39 is 20.3 Å². The topological polar surface area (TPSA) is 51.2 Å². The van der Waals surface area contributed by atoms with Gasteiger partial charge in [-0.25, -0.2) is 8.42 Å². The van der Waals surface area contributed by atoms with Gasteiger partial charge in [0.05, 0.1) is 5.25 Å². The molecule has 0 amide bonds. The van der Waals surface area contributed by atoms with Crippen molar-refractivity contribution in [1.82, 2.24) is 0 Å². The number of rotatable bonds is 5. The zero-order chi connectivity index (χ0) is 15.7. The molecule has 0 saturated carbocycles. The lowest BCUT2D eigenvalue weighted by molar-refractivity contribution is 0.0991. The van der Waals surface area contributed by atoms with Gasteiger partial charge in [-0.15, -0.1) is 0 Å². The number of sulfone groups is 1. The van der Waals surface area contributed by atoms with Gasteiger partial charge in [-0.1, -0.05) is 26.0 Å². The molecule has 0 heterocycles. The Labute approximate surface area is 122 Å². The Bertz CT molecular complexity index is 600. The molecule has 2 unspecified atom stereocenters. The van der Waals surface area contributed by atoms with Crippen LogP contribution in [-0.2, 0) is 9.84 Å². The minimum Gasteiger partial charge on any atom is -0.293 e. The van der Waals surface area contributed by atoms with Crippen LogP contribution in [0.25, 0.3) is 0 Å². The normalized spacial score (nSPS) is 15.2. The molecule has 0 aliphatic rings. The van der Waals surface area contributed by atoms with Gasteiger partial charge < -0.3 is 0 Å².